The lowest BCUT2D eigenvalue weighted by molar-refractivity contribution is 0.354. The van der Waals surface area contributed by atoms with Crippen LogP contribution >= 0.6 is 0 Å². The molecule has 1 N–H and O–H groups in total. The molecule has 1 aromatic heterocycles. The van der Waals surface area contributed by atoms with Gasteiger partial charge in [0.1, 0.15) is 0 Å². The fourth-order valence-corrected chi connectivity index (χ4v) is 4.40. The van der Waals surface area contributed by atoms with Gasteiger partial charge in [-0.05, 0) is 50.0 Å². The monoisotopic (exact) mass is 286 g/mol. The number of fused-ring (bicyclic) bond motifs is 2. The predicted octanol–water partition coefficient (Wildman–Crippen LogP) is 2.19. The zero-order chi connectivity index (χ0) is 14.2. The van der Waals surface area contributed by atoms with Crippen molar-refractivity contribution in [1.29, 1.82) is 0 Å². The Kier molecular flexibility index (Phi) is 3.49. The number of nitrogens with one attached hydrogen (secondary N) is 1. The van der Waals surface area contributed by atoms with E-state index in [2.05, 4.69) is 33.7 Å². The Morgan fingerprint density at radius 1 is 1.33 bits per heavy atom. The number of allylic oxidation sites excluding steroid dienone is 2. The number of anilines is 1. The highest BCUT2D eigenvalue weighted by molar-refractivity contribution is 5.42. The van der Waals surface area contributed by atoms with Crippen molar-refractivity contribution in [2.45, 2.75) is 31.7 Å². The van der Waals surface area contributed by atoms with Crippen LogP contribution in [-0.4, -0.2) is 35.5 Å². The van der Waals surface area contributed by atoms with Crippen molar-refractivity contribution in [3.8, 4) is 0 Å². The molecule has 0 radical (unpaired) electrons. The van der Waals surface area contributed by atoms with Gasteiger partial charge < -0.3 is 10.2 Å². The Balaban J connectivity index is 1.30. The van der Waals surface area contributed by atoms with Crippen LogP contribution in [0.15, 0.2) is 24.5 Å². The quantitative estimate of drug-likeness (QED) is 0.861. The van der Waals surface area contributed by atoms with Gasteiger partial charge in [-0.3, -0.25) is 4.68 Å². The van der Waals surface area contributed by atoms with E-state index in [-0.39, 0.29) is 0 Å². The van der Waals surface area contributed by atoms with E-state index in [1.165, 1.54) is 44.5 Å². The lowest BCUT2D eigenvalue weighted by Crippen LogP contribution is -2.47. The van der Waals surface area contributed by atoms with Gasteiger partial charge in [0.2, 0.25) is 0 Å². The van der Waals surface area contributed by atoms with Gasteiger partial charge in [-0.1, -0.05) is 12.2 Å². The molecule has 2 fully saturated rings. The van der Waals surface area contributed by atoms with Crippen LogP contribution in [0.2, 0.25) is 0 Å². The SMILES string of the molecule is Cn1cc(N2CCC[C@@H](NC[C@H]3C[C@H]4C=C[C@H]3C4)C2)cn1. The molecule has 0 amide bonds. The molecule has 1 saturated heterocycles. The van der Waals surface area contributed by atoms with E-state index >= 15 is 0 Å². The summed E-state index contributed by atoms with van der Waals surface area (Å²) in [6, 6.07) is 0.641. The van der Waals surface area contributed by atoms with Crippen molar-refractivity contribution in [2.24, 2.45) is 24.8 Å². The molecule has 1 aromatic rings. The van der Waals surface area contributed by atoms with E-state index < -0.39 is 0 Å². The van der Waals surface area contributed by atoms with Crippen molar-refractivity contribution >= 4 is 5.69 Å². The van der Waals surface area contributed by atoms with E-state index in [0.717, 1.165) is 24.3 Å². The summed E-state index contributed by atoms with van der Waals surface area (Å²) < 4.78 is 1.90. The minimum absolute atomic E-state index is 0.641. The maximum absolute atomic E-state index is 4.30. The van der Waals surface area contributed by atoms with Gasteiger partial charge in [0.15, 0.2) is 0 Å². The van der Waals surface area contributed by atoms with Gasteiger partial charge in [-0.2, -0.15) is 5.10 Å². The third kappa shape index (κ3) is 2.73. The van der Waals surface area contributed by atoms with Crippen LogP contribution in [0.4, 0.5) is 5.69 Å². The summed E-state index contributed by atoms with van der Waals surface area (Å²) >= 11 is 0. The van der Waals surface area contributed by atoms with Crippen LogP contribution in [0, 0.1) is 17.8 Å². The molecule has 114 valence electrons. The molecular formula is C17H26N4. The zero-order valence-electron chi connectivity index (χ0n) is 12.9. The molecule has 3 aliphatic rings. The number of aryl methyl sites for hydroxylation is 1. The molecule has 1 aliphatic heterocycles. The number of aromatic nitrogens is 2. The molecule has 4 rings (SSSR count). The Hall–Kier alpha value is -1.29. The number of piperidine rings is 1. The fraction of sp³-hybridized carbons (Fsp3) is 0.706. The fourth-order valence-electron chi connectivity index (χ4n) is 4.40. The van der Waals surface area contributed by atoms with Gasteiger partial charge in [-0.25, -0.2) is 0 Å². The topological polar surface area (TPSA) is 33.1 Å². The smallest absolute Gasteiger partial charge is 0.0752 e. The maximum Gasteiger partial charge on any atom is 0.0752 e. The standard InChI is InChI=1S/C17H26N4/c1-20-12-17(10-19-20)21-6-2-3-16(11-21)18-9-15-8-13-4-5-14(15)7-13/h4-5,10,12-16,18H,2-3,6-9,11H2,1H3/t13-,14-,15+,16+/m0/s1. The molecule has 0 unspecified atom stereocenters. The molecule has 2 heterocycles. The lowest BCUT2D eigenvalue weighted by Gasteiger charge is -2.35. The first-order chi connectivity index (χ1) is 10.3. The first-order valence-electron chi connectivity index (χ1n) is 8.43. The predicted molar refractivity (Wildman–Crippen MR) is 85.3 cm³/mol. The molecule has 0 spiro atoms. The maximum atomic E-state index is 4.30. The van der Waals surface area contributed by atoms with Crippen LogP contribution in [-0.2, 0) is 7.05 Å². The second-order valence-corrected chi connectivity index (χ2v) is 7.11. The van der Waals surface area contributed by atoms with Gasteiger partial charge in [0, 0.05) is 32.4 Å². The summed E-state index contributed by atoms with van der Waals surface area (Å²) in [6.45, 7) is 3.50. The number of nitrogens with zero attached hydrogens (tertiary/aromatic N) is 3. The first-order valence-corrected chi connectivity index (χ1v) is 8.43. The van der Waals surface area contributed by atoms with Crippen LogP contribution in [0.5, 0.6) is 0 Å². The molecule has 1 saturated carbocycles. The van der Waals surface area contributed by atoms with Crippen molar-refractivity contribution in [3.05, 3.63) is 24.5 Å². The molecule has 2 bridgehead atoms. The largest absolute Gasteiger partial charge is 0.367 e. The second-order valence-electron chi connectivity index (χ2n) is 7.11. The summed E-state index contributed by atoms with van der Waals surface area (Å²) in [5.74, 6) is 2.63. The zero-order valence-corrected chi connectivity index (χ0v) is 12.9. The Morgan fingerprint density at radius 3 is 3.00 bits per heavy atom. The lowest BCUT2D eigenvalue weighted by atomic mass is 9.93. The summed E-state index contributed by atoms with van der Waals surface area (Å²) in [7, 11) is 1.99. The summed E-state index contributed by atoms with van der Waals surface area (Å²) in [5, 5.41) is 8.15. The van der Waals surface area contributed by atoms with Crippen LogP contribution in [0.25, 0.3) is 0 Å². The average Bonchev–Trinajstić information content (AvgIpc) is 3.21. The molecule has 4 heteroatoms. The summed E-state index contributed by atoms with van der Waals surface area (Å²) in [4.78, 5) is 2.48. The summed E-state index contributed by atoms with van der Waals surface area (Å²) in [6.07, 6.45) is 14.4. The normalized spacial score (nSPS) is 34.8. The summed E-state index contributed by atoms with van der Waals surface area (Å²) in [5.41, 5.74) is 1.27. The van der Waals surface area contributed by atoms with Gasteiger partial charge in [0.25, 0.3) is 0 Å². The van der Waals surface area contributed by atoms with E-state index in [1.54, 1.807) is 0 Å². The third-order valence-electron chi connectivity index (χ3n) is 5.56. The van der Waals surface area contributed by atoms with Gasteiger partial charge in [-0.15, -0.1) is 0 Å². The molecule has 0 aromatic carbocycles. The number of hydrogen-bond donors (Lipinski definition) is 1. The van der Waals surface area contributed by atoms with E-state index in [4.69, 9.17) is 0 Å². The van der Waals surface area contributed by atoms with Crippen molar-refractivity contribution in [2.75, 3.05) is 24.5 Å². The molecular weight excluding hydrogens is 260 g/mol. The second kappa shape index (κ2) is 5.48. The highest BCUT2D eigenvalue weighted by Crippen LogP contribution is 2.43. The molecule has 4 nitrogen and oxygen atoms in total. The van der Waals surface area contributed by atoms with Gasteiger partial charge >= 0.3 is 0 Å². The highest BCUT2D eigenvalue weighted by Gasteiger charge is 2.35. The molecule has 21 heavy (non-hydrogen) atoms. The van der Waals surface area contributed by atoms with Gasteiger partial charge in [0.05, 0.1) is 11.9 Å². The Labute approximate surface area is 127 Å². The average molecular weight is 286 g/mol. The van der Waals surface area contributed by atoms with E-state index in [9.17, 15) is 0 Å². The van der Waals surface area contributed by atoms with Crippen LogP contribution in [0.3, 0.4) is 0 Å². The first kappa shape index (κ1) is 13.4. The highest BCUT2D eigenvalue weighted by atomic mass is 15.3. The number of hydrogen-bond acceptors (Lipinski definition) is 3. The Morgan fingerprint density at radius 2 is 2.29 bits per heavy atom. The number of rotatable bonds is 4. The molecule has 4 atom stereocenters. The minimum Gasteiger partial charge on any atom is -0.367 e. The minimum atomic E-state index is 0.641. The van der Waals surface area contributed by atoms with E-state index in [1.807, 2.05) is 17.9 Å². The van der Waals surface area contributed by atoms with Crippen molar-refractivity contribution in [3.63, 3.8) is 0 Å². The third-order valence-corrected chi connectivity index (χ3v) is 5.56. The molecule has 2 aliphatic carbocycles. The van der Waals surface area contributed by atoms with Crippen molar-refractivity contribution < 1.29 is 0 Å². The van der Waals surface area contributed by atoms with E-state index in [0.29, 0.717) is 6.04 Å². The van der Waals surface area contributed by atoms with Crippen LogP contribution in [0.1, 0.15) is 25.7 Å². The van der Waals surface area contributed by atoms with Crippen LogP contribution < -0.4 is 10.2 Å². The van der Waals surface area contributed by atoms with Crippen molar-refractivity contribution in [1.82, 2.24) is 15.1 Å². The Bertz CT molecular complexity index is 521.